The number of amides is 1. The molecule has 1 unspecified atom stereocenters. The minimum Gasteiger partial charge on any atom is -1.00 e. The summed E-state index contributed by atoms with van der Waals surface area (Å²) in [5.41, 5.74) is 3.07. The zero-order valence-corrected chi connectivity index (χ0v) is 8.62. The van der Waals surface area contributed by atoms with Crippen LogP contribution in [0.5, 0.6) is 0 Å². The quantitative estimate of drug-likeness (QED) is 0.438. The molecule has 3 heteroatoms. The van der Waals surface area contributed by atoms with Crippen molar-refractivity contribution in [2.75, 3.05) is 7.05 Å². The van der Waals surface area contributed by atoms with Gasteiger partial charge in [0.2, 0.25) is 0 Å². The van der Waals surface area contributed by atoms with Gasteiger partial charge in [0, 0.05) is 6.92 Å². The lowest BCUT2D eigenvalue weighted by molar-refractivity contribution is -0.753. The molecule has 0 aromatic rings. The molecule has 0 saturated carbocycles. The average Bonchev–Trinajstić information content (AvgIpc) is 1.97. The Morgan fingerprint density at radius 1 is 1.25 bits per heavy atom. The van der Waals surface area contributed by atoms with Gasteiger partial charge in [0.05, 0.1) is 12.6 Å². The maximum atomic E-state index is 11.4. The summed E-state index contributed by atoms with van der Waals surface area (Å²) in [4.78, 5) is 12.3. The summed E-state index contributed by atoms with van der Waals surface area (Å²) in [6.45, 7) is 5.83. The van der Waals surface area contributed by atoms with E-state index in [1.165, 1.54) is 0 Å². The van der Waals surface area contributed by atoms with Gasteiger partial charge in [0.15, 0.2) is 0 Å². The highest BCUT2D eigenvalue weighted by atomic mass is 35.5. The van der Waals surface area contributed by atoms with Crippen molar-refractivity contribution in [3.05, 3.63) is 22.9 Å². The lowest BCUT2D eigenvalue weighted by Gasteiger charge is -2.17. The second kappa shape index (κ2) is 3.87. The average molecular weight is 188 g/mol. The van der Waals surface area contributed by atoms with E-state index in [0.29, 0.717) is 0 Å². The first-order valence-corrected chi connectivity index (χ1v) is 3.78. The number of carbonyl (C=O) groups excluding carboxylic acids is 1. The van der Waals surface area contributed by atoms with Crippen LogP contribution in [0.25, 0.3) is 0 Å². The fourth-order valence-electron chi connectivity index (χ4n) is 1.18. The van der Waals surface area contributed by atoms with Crippen LogP contribution in [0.4, 0.5) is 0 Å². The van der Waals surface area contributed by atoms with Gasteiger partial charge in [-0.1, -0.05) is 0 Å². The SMILES string of the molecule is CC1=CC(C)=C(C)C(=O)[NH+]1C.[Cl-]. The molecule has 0 radical (unpaired) electrons. The molecule has 0 aromatic carbocycles. The summed E-state index contributed by atoms with van der Waals surface area (Å²) in [7, 11) is 1.88. The molecule has 1 atom stereocenters. The van der Waals surface area contributed by atoms with Crippen LogP contribution < -0.4 is 17.3 Å². The third-order valence-electron chi connectivity index (χ3n) is 2.30. The summed E-state index contributed by atoms with van der Waals surface area (Å²) in [6.07, 6.45) is 2.06. The van der Waals surface area contributed by atoms with Gasteiger partial charge in [-0.2, -0.15) is 0 Å². The largest absolute Gasteiger partial charge is 1.00 e. The summed E-state index contributed by atoms with van der Waals surface area (Å²) in [5.74, 6) is 0.197. The first-order chi connectivity index (χ1) is 5.04. The second-order valence-electron chi connectivity index (χ2n) is 3.09. The second-order valence-corrected chi connectivity index (χ2v) is 3.09. The normalized spacial score (nSPS) is 23.5. The highest BCUT2D eigenvalue weighted by Crippen LogP contribution is 2.08. The number of hydrogen-bond donors (Lipinski definition) is 1. The monoisotopic (exact) mass is 187 g/mol. The molecule has 0 aliphatic carbocycles. The topological polar surface area (TPSA) is 21.5 Å². The van der Waals surface area contributed by atoms with Crippen LogP contribution in [0, 0.1) is 0 Å². The first kappa shape index (κ1) is 11.4. The lowest BCUT2D eigenvalue weighted by Crippen LogP contribution is -3.10. The predicted octanol–water partition coefficient (Wildman–Crippen LogP) is -2.71. The Hall–Kier alpha value is -0.600. The van der Waals surface area contributed by atoms with Crippen molar-refractivity contribution in [1.82, 2.24) is 0 Å². The summed E-state index contributed by atoms with van der Waals surface area (Å²) in [5, 5.41) is 0. The molecule has 0 fully saturated rings. The zero-order valence-electron chi connectivity index (χ0n) is 7.86. The van der Waals surface area contributed by atoms with Crippen molar-refractivity contribution in [3.8, 4) is 0 Å². The van der Waals surface area contributed by atoms with Crippen LogP contribution in [-0.2, 0) is 4.79 Å². The molecular weight excluding hydrogens is 174 g/mol. The zero-order chi connectivity index (χ0) is 8.59. The van der Waals surface area contributed by atoms with Gasteiger partial charge in [-0.05, 0) is 25.5 Å². The maximum Gasteiger partial charge on any atom is 0.344 e. The van der Waals surface area contributed by atoms with Crippen molar-refractivity contribution in [3.63, 3.8) is 0 Å². The van der Waals surface area contributed by atoms with Crippen LogP contribution in [0.1, 0.15) is 20.8 Å². The van der Waals surface area contributed by atoms with Gasteiger partial charge in [-0.3, -0.25) is 0 Å². The molecule has 1 amide bonds. The first-order valence-electron chi connectivity index (χ1n) is 3.78. The number of rotatable bonds is 0. The van der Waals surface area contributed by atoms with Gasteiger partial charge in [0.1, 0.15) is 5.70 Å². The summed E-state index contributed by atoms with van der Waals surface area (Å²) < 4.78 is 0. The number of allylic oxidation sites excluding steroid dienone is 3. The minimum absolute atomic E-state index is 0. The van der Waals surface area contributed by atoms with Crippen molar-refractivity contribution in [2.45, 2.75) is 20.8 Å². The Balaban J connectivity index is 0.00000121. The van der Waals surface area contributed by atoms with E-state index in [-0.39, 0.29) is 18.3 Å². The maximum absolute atomic E-state index is 11.4. The van der Waals surface area contributed by atoms with Crippen LogP contribution in [0.3, 0.4) is 0 Å². The van der Waals surface area contributed by atoms with Gasteiger partial charge in [0.25, 0.3) is 0 Å². The van der Waals surface area contributed by atoms with Gasteiger partial charge >= 0.3 is 5.91 Å². The number of hydrogen-bond acceptors (Lipinski definition) is 1. The van der Waals surface area contributed by atoms with E-state index in [2.05, 4.69) is 6.08 Å². The Kier molecular flexibility index (Phi) is 3.68. The molecular formula is C9H14ClNO. The number of quaternary nitrogens is 1. The van der Waals surface area contributed by atoms with E-state index in [1.54, 1.807) is 0 Å². The van der Waals surface area contributed by atoms with E-state index in [0.717, 1.165) is 21.7 Å². The van der Waals surface area contributed by atoms with E-state index in [4.69, 9.17) is 0 Å². The molecule has 1 heterocycles. The van der Waals surface area contributed by atoms with Crippen molar-refractivity contribution in [2.24, 2.45) is 0 Å². The van der Waals surface area contributed by atoms with Crippen LogP contribution in [0.15, 0.2) is 22.9 Å². The predicted molar refractivity (Wildman–Crippen MR) is 44.0 cm³/mol. The Bertz CT molecular complexity index is 264. The van der Waals surface area contributed by atoms with E-state index >= 15 is 0 Å². The molecule has 1 aliphatic rings. The standard InChI is InChI=1S/C9H13NO.ClH/c1-6-5-7(2)10(4)9(11)8(6)3;/h5H,1-4H3;1H. The minimum atomic E-state index is 0. The van der Waals surface area contributed by atoms with Crippen LogP contribution >= 0.6 is 0 Å². The molecule has 2 nitrogen and oxygen atoms in total. The molecule has 0 aromatic heterocycles. The highest BCUT2D eigenvalue weighted by molar-refractivity contribution is 5.88. The fraction of sp³-hybridized carbons (Fsp3) is 0.444. The van der Waals surface area contributed by atoms with Crippen molar-refractivity contribution < 1.29 is 22.1 Å². The highest BCUT2D eigenvalue weighted by Gasteiger charge is 2.23. The molecule has 0 bridgehead atoms. The number of halogens is 1. The van der Waals surface area contributed by atoms with Crippen molar-refractivity contribution >= 4 is 5.91 Å². The Morgan fingerprint density at radius 3 is 2.25 bits per heavy atom. The molecule has 1 rings (SSSR count). The molecule has 1 aliphatic heterocycles. The lowest BCUT2D eigenvalue weighted by atomic mass is 10.1. The van der Waals surface area contributed by atoms with Crippen LogP contribution in [0.2, 0.25) is 0 Å². The third kappa shape index (κ3) is 1.76. The smallest absolute Gasteiger partial charge is 0.344 e. The van der Waals surface area contributed by atoms with Gasteiger partial charge in [-0.25, -0.2) is 9.69 Å². The number of likely N-dealkylation sites (N-methyl/N-ethyl adjacent to an activating group) is 1. The summed E-state index contributed by atoms with van der Waals surface area (Å²) in [6, 6.07) is 0. The van der Waals surface area contributed by atoms with Crippen molar-refractivity contribution in [1.29, 1.82) is 0 Å². The Morgan fingerprint density at radius 2 is 1.75 bits per heavy atom. The number of carbonyl (C=O) groups is 1. The molecule has 0 saturated heterocycles. The molecule has 68 valence electrons. The fourth-order valence-corrected chi connectivity index (χ4v) is 1.18. The van der Waals surface area contributed by atoms with Gasteiger partial charge < -0.3 is 12.4 Å². The Labute approximate surface area is 79.3 Å². The number of nitrogens with one attached hydrogen (secondary N) is 1. The van der Waals surface area contributed by atoms with E-state index in [1.807, 2.05) is 27.8 Å². The van der Waals surface area contributed by atoms with E-state index in [9.17, 15) is 4.79 Å². The van der Waals surface area contributed by atoms with E-state index < -0.39 is 0 Å². The molecule has 0 spiro atoms. The molecule has 12 heavy (non-hydrogen) atoms. The third-order valence-corrected chi connectivity index (χ3v) is 2.30. The summed E-state index contributed by atoms with van der Waals surface area (Å²) >= 11 is 0. The molecule has 1 N–H and O–H groups in total. The van der Waals surface area contributed by atoms with Gasteiger partial charge in [-0.15, -0.1) is 0 Å². The van der Waals surface area contributed by atoms with Crippen LogP contribution in [-0.4, -0.2) is 13.0 Å².